The van der Waals surface area contributed by atoms with Crippen LogP contribution in [0.5, 0.6) is 11.5 Å². The molecule has 0 bridgehead atoms. The molecular weight excluding hydrogens is 384 g/mol. The van der Waals surface area contributed by atoms with Gasteiger partial charge < -0.3 is 10.2 Å². The highest BCUT2D eigenvalue weighted by atomic mass is 16.3. The highest BCUT2D eigenvalue weighted by molar-refractivity contribution is 6.16. The topological polar surface area (TPSA) is 57.5 Å². The first kappa shape index (κ1) is 19.1. The Hall–Kier alpha value is -3.85. The van der Waals surface area contributed by atoms with Gasteiger partial charge in [-0.3, -0.25) is 4.79 Å². The Morgan fingerprint density at radius 1 is 0.613 bits per heavy atom. The molecule has 0 saturated carbocycles. The van der Waals surface area contributed by atoms with Crippen molar-refractivity contribution in [2.45, 2.75) is 19.3 Å². The van der Waals surface area contributed by atoms with Crippen LogP contribution in [0.3, 0.4) is 0 Å². The average molecular weight is 406 g/mol. The minimum absolute atomic E-state index is 0.0167. The van der Waals surface area contributed by atoms with Crippen LogP contribution in [-0.4, -0.2) is 16.0 Å². The van der Waals surface area contributed by atoms with Crippen LogP contribution >= 0.6 is 0 Å². The van der Waals surface area contributed by atoms with Crippen LogP contribution in [0.1, 0.15) is 38.2 Å². The lowest BCUT2D eigenvalue weighted by Crippen LogP contribution is -2.41. The van der Waals surface area contributed by atoms with E-state index in [0.717, 1.165) is 27.8 Å². The fraction of sp³-hybridized carbons (Fsp3) is 0.107. The Kier molecular flexibility index (Phi) is 4.23. The van der Waals surface area contributed by atoms with Crippen molar-refractivity contribution in [1.82, 2.24) is 0 Å². The number of carbonyl (C=O) groups is 1. The van der Waals surface area contributed by atoms with Gasteiger partial charge in [-0.1, -0.05) is 72.8 Å². The molecule has 0 atom stereocenters. The van der Waals surface area contributed by atoms with Crippen LogP contribution in [0.4, 0.5) is 0 Å². The summed E-state index contributed by atoms with van der Waals surface area (Å²) in [6.07, 6.45) is 0. The van der Waals surface area contributed by atoms with E-state index < -0.39 is 5.41 Å². The fourth-order valence-electron chi connectivity index (χ4n) is 4.80. The molecule has 0 saturated heterocycles. The van der Waals surface area contributed by atoms with Crippen molar-refractivity contribution in [2.24, 2.45) is 0 Å². The average Bonchev–Trinajstić information content (AvgIpc) is 2.79. The lowest BCUT2D eigenvalue weighted by Gasteiger charge is -2.40. The molecule has 3 nitrogen and oxygen atoms in total. The molecule has 31 heavy (non-hydrogen) atoms. The Balaban J connectivity index is 1.96. The van der Waals surface area contributed by atoms with E-state index >= 15 is 0 Å². The number of aromatic hydroxyl groups is 2. The Bertz CT molecular complexity index is 1300. The van der Waals surface area contributed by atoms with Crippen LogP contribution in [-0.2, 0) is 5.41 Å². The lowest BCUT2D eigenvalue weighted by atomic mass is 9.60. The van der Waals surface area contributed by atoms with Gasteiger partial charge in [0.15, 0.2) is 5.78 Å². The summed E-state index contributed by atoms with van der Waals surface area (Å²) in [5, 5.41) is 20.4. The Morgan fingerprint density at radius 3 is 1.65 bits per heavy atom. The number of aryl methyl sites for hydroxylation is 2. The number of hydrogen-bond donors (Lipinski definition) is 2. The standard InChI is InChI=1S/C28H22O3/c1-17-15-19(11-13-25(17)29)28(20-12-14-26(30)18(2)16-20)24-10-6-5-8-22(24)21-7-3-4-9-23(21)27(28)31/h3-16,29-30H,1-2H3. The third kappa shape index (κ3) is 2.63. The maximum Gasteiger partial charge on any atom is 0.182 e. The summed E-state index contributed by atoms with van der Waals surface area (Å²) >= 11 is 0. The van der Waals surface area contributed by atoms with Crippen LogP contribution < -0.4 is 0 Å². The molecule has 152 valence electrons. The normalized spacial score (nSPS) is 14.1. The van der Waals surface area contributed by atoms with Gasteiger partial charge in [0.2, 0.25) is 0 Å². The second-order valence-electron chi connectivity index (χ2n) is 8.17. The van der Waals surface area contributed by atoms with Crippen molar-refractivity contribution in [2.75, 3.05) is 0 Å². The Morgan fingerprint density at radius 2 is 1.10 bits per heavy atom. The smallest absolute Gasteiger partial charge is 0.182 e. The van der Waals surface area contributed by atoms with Gasteiger partial charge in [0.25, 0.3) is 0 Å². The van der Waals surface area contributed by atoms with Crippen molar-refractivity contribution < 1.29 is 15.0 Å². The van der Waals surface area contributed by atoms with E-state index in [9.17, 15) is 15.0 Å². The number of hydrogen-bond acceptors (Lipinski definition) is 3. The van der Waals surface area contributed by atoms with Crippen LogP contribution in [0.25, 0.3) is 11.1 Å². The summed E-state index contributed by atoms with van der Waals surface area (Å²) in [5.74, 6) is 0.368. The predicted molar refractivity (Wildman–Crippen MR) is 122 cm³/mol. The number of ketones is 1. The Labute approximate surface area is 181 Å². The molecule has 0 spiro atoms. The predicted octanol–water partition coefficient (Wildman–Crippen LogP) is 5.91. The van der Waals surface area contributed by atoms with Gasteiger partial charge in [-0.25, -0.2) is 0 Å². The summed E-state index contributed by atoms with van der Waals surface area (Å²) in [6, 6.07) is 26.4. The SMILES string of the molecule is Cc1cc(C2(c3ccc(O)c(C)c3)C(=O)c3ccccc3-c3ccccc32)ccc1O. The van der Waals surface area contributed by atoms with Crippen molar-refractivity contribution >= 4 is 5.78 Å². The van der Waals surface area contributed by atoms with Gasteiger partial charge >= 0.3 is 0 Å². The second kappa shape index (κ2) is 6.85. The van der Waals surface area contributed by atoms with E-state index in [0.29, 0.717) is 16.7 Å². The van der Waals surface area contributed by atoms with E-state index in [4.69, 9.17) is 0 Å². The van der Waals surface area contributed by atoms with E-state index in [1.165, 1.54) is 0 Å². The molecule has 1 aliphatic carbocycles. The minimum Gasteiger partial charge on any atom is -0.508 e. The summed E-state index contributed by atoms with van der Waals surface area (Å²) in [4.78, 5) is 14.4. The van der Waals surface area contributed by atoms with Gasteiger partial charge in [0.1, 0.15) is 16.9 Å². The summed E-state index contributed by atoms with van der Waals surface area (Å²) < 4.78 is 0. The number of carbonyl (C=O) groups excluding carboxylic acids is 1. The van der Waals surface area contributed by atoms with E-state index in [1.807, 2.05) is 80.6 Å². The summed E-state index contributed by atoms with van der Waals surface area (Å²) in [5.41, 5.74) is 5.39. The van der Waals surface area contributed by atoms with Crippen molar-refractivity contribution in [3.05, 3.63) is 118 Å². The maximum absolute atomic E-state index is 14.4. The number of rotatable bonds is 2. The number of phenols is 2. The molecule has 2 N–H and O–H groups in total. The first-order chi connectivity index (χ1) is 14.9. The first-order valence-electron chi connectivity index (χ1n) is 10.3. The summed E-state index contributed by atoms with van der Waals surface area (Å²) in [7, 11) is 0. The zero-order valence-electron chi connectivity index (χ0n) is 17.4. The lowest BCUT2D eigenvalue weighted by molar-refractivity contribution is 0.0933. The number of fused-ring (bicyclic) bond motifs is 3. The number of phenolic OH excluding ortho intramolecular Hbond substituents is 2. The number of Topliss-reactive ketones (excluding diaryl/α,β-unsaturated/α-hetero) is 1. The number of benzene rings is 4. The largest absolute Gasteiger partial charge is 0.508 e. The van der Waals surface area contributed by atoms with Gasteiger partial charge in [0.05, 0.1) is 0 Å². The van der Waals surface area contributed by atoms with Gasteiger partial charge in [0, 0.05) is 5.56 Å². The highest BCUT2D eigenvalue weighted by Crippen LogP contribution is 2.51. The maximum atomic E-state index is 14.4. The molecular formula is C28H22O3. The van der Waals surface area contributed by atoms with Crippen molar-refractivity contribution in [3.63, 3.8) is 0 Å². The highest BCUT2D eigenvalue weighted by Gasteiger charge is 2.49. The molecule has 0 heterocycles. The van der Waals surface area contributed by atoms with Crippen LogP contribution in [0, 0.1) is 13.8 Å². The molecule has 3 heteroatoms. The van der Waals surface area contributed by atoms with Gasteiger partial charge in [-0.15, -0.1) is 0 Å². The molecule has 0 aromatic heterocycles. The minimum atomic E-state index is -1.10. The first-order valence-corrected chi connectivity index (χ1v) is 10.3. The molecule has 0 aliphatic heterocycles. The third-order valence-corrected chi connectivity index (χ3v) is 6.39. The van der Waals surface area contributed by atoms with E-state index in [-0.39, 0.29) is 17.3 Å². The molecule has 0 amide bonds. The van der Waals surface area contributed by atoms with Gasteiger partial charge in [-0.05, 0) is 64.9 Å². The summed E-state index contributed by atoms with van der Waals surface area (Å²) in [6.45, 7) is 3.67. The van der Waals surface area contributed by atoms with Crippen molar-refractivity contribution in [1.29, 1.82) is 0 Å². The zero-order chi connectivity index (χ0) is 21.8. The monoisotopic (exact) mass is 406 g/mol. The molecule has 5 rings (SSSR count). The molecule has 4 aromatic rings. The zero-order valence-corrected chi connectivity index (χ0v) is 17.4. The molecule has 1 aliphatic rings. The van der Waals surface area contributed by atoms with E-state index in [1.54, 1.807) is 12.1 Å². The van der Waals surface area contributed by atoms with E-state index in [2.05, 4.69) is 6.07 Å². The third-order valence-electron chi connectivity index (χ3n) is 6.39. The van der Waals surface area contributed by atoms with Crippen LogP contribution in [0.15, 0.2) is 84.9 Å². The van der Waals surface area contributed by atoms with Gasteiger partial charge in [-0.2, -0.15) is 0 Å². The second-order valence-corrected chi connectivity index (χ2v) is 8.17. The fourth-order valence-corrected chi connectivity index (χ4v) is 4.80. The molecule has 0 unspecified atom stereocenters. The quantitative estimate of drug-likeness (QED) is 0.435. The van der Waals surface area contributed by atoms with Crippen molar-refractivity contribution in [3.8, 4) is 22.6 Å². The molecule has 0 fully saturated rings. The molecule has 0 radical (unpaired) electrons. The van der Waals surface area contributed by atoms with Crippen LogP contribution in [0.2, 0.25) is 0 Å². The molecule has 4 aromatic carbocycles.